The Bertz CT molecular complexity index is 672. The van der Waals surface area contributed by atoms with Crippen LogP contribution < -0.4 is 4.90 Å². The number of pyridine rings is 1. The van der Waals surface area contributed by atoms with Crippen molar-refractivity contribution < 1.29 is 22.7 Å². The summed E-state index contributed by atoms with van der Waals surface area (Å²) in [5, 5.41) is 0. The molecule has 156 valence electrons. The van der Waals surface area contributed by atoms with Crippen molar-refractivity contribution in [2.24, 2.45) is 5.92 Å². The summed E-state index contributed by atoms with van der Waals surface area (Å²) in [6, 6.07) is 2.47. The van der Waals surface area contributed by atoms with Gasteiger partial charge in [0, 0.05) is 45.4 Å². The van der Waals surface area contributed by atoms with E-state index in [4.69, 9.17) is 4.74 Å². The van der Waals surface area contributed by atoms with Crippen LogP contribution in [0.5, 0.6) is 0 Å². The van der Waals surface area contributed by atoms with E-state index in [1.807, 2.05) is 9.80 Å². The van der Waals surface area contributed by atoms with E-state index >= 15 is 0 Å². The van der Waals surface area contributed by atoms with Crippen LogP contribution in [0.1, 0.15) is 44.6 Å². The van der Waals surface area contributed by atoms with Crippen LogP contribution in [-0.2, 0) is 15.7 Å². The van der Waals surface area contributed by atoms with Crippen molar-refractivity contribution in [1.82, 2.24) is 9.88 Å². The second kappa shape index (κ2) is 8.27. The highest BCUT2D eigenvalue weighted by Crippen LogP contribution is 2.31. The number of hydrogen-bond donors (Lipinski definition) is 0. The molecule has 1 aromatic heterocycles. The zero-order valence-electron chi connectivity index (χ0n) is 16.5. The lowest BCUT2D eigenvalue weighted by Gasteiger charge is -2.35. The molecular formula is C20H28F3N3O2. The zero-order valence-corrected chi connectivity index (χ0v) is 16.5. The molecule has 1 unspecified atom stereocenters. The molecule has 0 aliphatic carbocycles. The maximum Gasteiger partial charge on any atom is 0.417 e. The Balaban J connectivity index is 1.54. The third kappa shape index (κ3) is 4.77. The lowest BCUT2D eigenvalue weighted by molar-refractivity contribution is -0.138. The number of carbonyl (C=O) groups is 1. The van der Waals surface area contributed by atoms with E-state index in [0.29, 0.717) is 38.3 Å². The third-order valence-electron chi connectivity index (χ3n) is 6.09. The van der Waals surface area contributed by atoms with Gasteiger partial charge < -0.3 is 14.5 Å². The molecule has 0 spiro atoms. The van der Waals surface area contributed by atoms with Gasteiger partial charge in [0.25, 0.3) is 0 Å². The minimum atomic E-state index is -4.38. The highest BCUT2D eigenvalue weighted by atomic mass is 19.4. The van der Waals surface area contributed by atoms with Crippen LogP contribution in [0.4, 0.5) is 19.0 Å². The molecule has 2 aliphatic rings. The molecule has 0 bridgehead atoms. The van der Waals surface area contributed by atoms with Crippen LogP contribution in [0.15, 0.2) is 18.3 Å². The zero-order chi connectivity index (χ0) is 20.4. The van der Waals surface area contributed by atoms with Gasteiger partial charge in [-0.1, -0.05) is 0 Å². The van der Waals surface area contributed by atoms with Gasteiger partial charge in [0.1, 0.15) is 5.82 Å². The first kappa shape index (κ1) is 20.9. The van der Waals surface area contributed by atoms with E-state index in [0.717, 1.165) is 38.1 Å². The number of alkyl halides is 3. The Morgan fingerprint density at radius 1 is 1.18 bits per heavy atom. The predicted octanol–water partition coefficient (Wildman–Crippen LogP) is 3.73. The number of amides is 1. The fourth-order valence-electron chi connectivity index (χ4n) is 4.03. The molecule has 1 aromatic rings. The molecule has 1 amide bonds. The van der Waals surface area contributed by atoms with Gasteiger partial charge in [-0.3, -0.25) is 4.79 Å². The van der Waals surface area contributed by atoms with Crippen LogP contribution in [-0.4, -0.2) is 54.7 Å². The number of hydrogen-bond acceptors (Lipinski definition) is 4. The molecule has 0 saturated carbocycles. The number of nitrogens with zero attached hydrogens (tertiary/aromatic N) is 3. The van der Waals surface area contributed by atoms with Crippen LogP contribution in [0.25, 0.3) is 0 Å². The summed E-state index contributed by atoms with van der Waals surface area (Å²) in [4.78, 5) is 20.8. The highest BCUT2D eigenvalue weighted by Gasteiger charge is 2.34. The number of anilines is 1. The van der Waals surface area contributed by atoms with E-state index in [1.54, 1.807) is 7.11 Å². The fraction of sp³-hybridized carbons (Fsp3) is 0.700. The molecule has 1 atom stereocenters. The molecule has 2 fully saturated rings. The van der Waals surface area contributed by atoms with Crippen LogP contribution in [0.2, 0.25) is 0 Å². The molecule has 0 radical (unpaired) electrons. The molecule has 3 heterocycles. The Morgan fingerprint density at radius 3 is 2.46 bits per heavy atom. The van der Waals surface area contributed by atoms with Gasteiger partial charge in [0.2, 0.25) is 5.91 Å². The van der Waals surface area contributed by atoms with Crippen molar-refractivity contribution in [1.29, 1.82) is 0 Å². The Morgan fingerprint density at radius 2 is 1.89 bits per heavy atom. The van der Waals surface area contributed by atoms with E-state index in [2.05, 4.69) is 11.9 Å². The lowest BCUT2D eigenvalue weighted by Crippen LogP contribution is -2.43. The average Bonchev–Trinajstić information content (AvgIpc) is 2.89. The lowest BCUT2D eigenvalue weighted by atomic mass is 9.95. The van der Waals surface area contributed by atoms with Gasteiger partial charge in [0.05, 0.1) is 11.2 Å². The molecule has 2 aliphatic heterocycles. The number of ether oxygens (including phenoxy) is 1. The maximum absolute atomic E-state index is 12.9. The van der Waals surface area contributed by atoms with Crippen molar-refractivity contribution in [3.63, 3.8) is 0 Å². The monoisotopic (exact) mass is 399 g/mol. The van der Waals surface area contributed by atoms with E-state index in [-0.39, 0.29) is 17.4 Å². The Hall–Kier alpha value is -1.83. The van der Waals surface area contributed by atoms with Gasteiger partial charge >= 0.3 is 6.18 Å². The molecule has 5 nitrogen and oxygen atoms in total. The normalized spacial score (nSPS) is 24.9. The van der Waals surface area contributed by atoms with Crippen LogP contribution >= 0.6 is 0 Å². The predicted molar refractivity (Wildman–Crippen MR) is 100 cm³/mol. The summed E-state index contributed by atoms with van der Waals surface area (Å²) >= 11 is 0. The van der Waals surface area contributed by atoms with Crippen molar-refractivity contribution in [3.05, 3.63) is 23.9 Å². The first-order valence-electron chi connectivity index (χ1n) is 9.84. The van der Waals surface area contributed by atoms with Gasteiger partial charge in [0.15, 0.2) is 0 Å². The summed E-state index contributed by atoms with van der Waals surface area (Å²) in [6.07, 6.45) is 0.603. The number of carbonyl (C=O) groups excluding carboxylic acids is 1. The minimum Gasteiger partial charge on any atom is -0.378 e. The number of rotatable bonds is 3. The number of piperidine rings is 1. The number of halogens is 3. The van der Waals surface area contributed by atoms with Crippen LogP contribution in [0.3, 0.4) is 0 Å². The molecule has 0 N–H and O–H groups in total. The Labute approximate surface area is 163 Å². The quantitative estimate of drug-likeness (QED) is 0.777. The molecule has 3 rings (SSSR count). The third-order valence-corrected chi connectivity index (χ3v) is 6.09. The fourth-order valence-corrected chi connectivity index (χ4v) is 4.03. The van der Waals surface area contributed by atoms with E-state index in [9.17, 15) is 18.0 Å². The Kier molecular flexibility index (Phi) is 6.17. The van der Waals surface area contributed by atoms with Gasteiger partial charge in [-0.25, -0.2) is 4.98 Å². The van der Waals surface area contributed by atoms with Gasteiger partial charge in [-0.15, -0.1) is 0 Å². The van der Waals surface area contributed by atoms with E-state index in [1.165, 1.54) is 6.07 Å². The first-order chi connectivity index (χ1) is 13.2. The summed E-state index contributed by atoms with van der Waals surface area (Å²) in [7, 11) is 1.72. The molecule has 2 saturated heterocycles. The van der Waals surface area contributed by atoms with E-state index < -0.39 is 11.7 Å². The summed E-state index contributed by atoms with van der Waals surface area (Å²) < 4.78 is 43.6. The smallest absolute Gasteiger partial charge is 0.378 e. The maximum atomic E-state index is 12.9. The summed E-state index contributed by atoms with van der Waals surface area (Å²) in [5.41, 5.74) is -0.905. The second-order valence-electron chi connectivity index (χ2n) is 8.00. The molecular weight excluding hydrogens is 371 g/mol. The van der Waals surface area contributed by atoms with Crippen molar-refractivity contribution in [3.8, 4) is 0 Å². The summed E-state index contributed by atoms with van der Waals surface area (Å²) in [6.45, 7) is 4.82. The molecule has 8 heteroatoms. The number of aromatic nitrogens is 1. The number of likely N-dealkylation sites (tertiary alicyclic amines) is 1. The molecule has 28 heavy (non-hydrogen) atoms. The molecule has 0 aromatic carbocycles. The average molecular weight is 399 g/mol. The van der Waals surface area contributed by atoms with Crippen molar-refractivity contribution >= 4 is 11.7 Å². The topological polar surface area (TPSA) is 45.7 Å². The van der Waals surface area contributed by atoms with Crippen molar-refractivity contribution in [2.45, 2.75) is 50.8 Å². The first-order valence-corrected chi connectivity index (χ1v) is 9.84. The second-order valence-corrected chi connectivity index (χ2v) is 8.00. The van der Waals surface area contributed by atoms with Gasteiger partial charge in [-0.05, 0) is 51.2 Å². The number of methoxy groups -OCH3 is 1. The minimum absolute atomic E-state index is 0.0300. The van der Waals surface area contributed by atoms with Gasteiger partial charge in [-0.2, -0.15) is 13.2 Å². The summed E-state index contributed by atoms with van der Waals surface area (Å²) in [5.74, 6) is 0.697. The van der Waals surface area contributed by atoms with Crippen molar-refractivity contribution in [2.75, 3.05) is 38.2 Å². The standard InChI is InChI=1S/C20H28F3N3O2/c1-19(28-2)8-3-10-26(13-9-19)18(27)15-6-11-25(12-7-15)17-5-4-16(14-24-17)20(21,22)23/h4-5,14-15H,3,6-13H2,1-2H3. The SMILES string of the molecule is COC1(C)CCCN(C(=O)C2CCN(c3ccc(C(F)(F)F)cn3)CC2)CC1. The highest BCUT2D eigenvalue weighted by molar-refractivity contribution is 5.79. The van der Waals surface area contributed by atoms with Crippen LogP contribution in [0, 0.1) is 5.92 Å². The largest absolute Gasteiger partial charge is 0.417 e.